The number of hydrogen-bond acceptors (Lipinski definition) is 3. The number of hydrogen-bond donors (Lipinski definition) is 1. The molecule has 1 aliphatic heterocycles. The van der Waals surface area contributed by atoms with Gasteiger partial charge in [0.2, 0.25) is 5.91 Å². The van der Waals surface area contributed by atoms with Crippen LogP contribution < -0.4 is 5.32 Å². The maximum atomic E-state index is 11.8. The van der Waals surface area contributed by atoms with Crippen LogP contribution in [0.15, 0.2) is 30.6 Å². The monoisotopic (exact) mass is 259 g/mol. The Morgan fingerprint density at radius 3 is 3.21 bits per heavy atom. The first kappa shape index (κ1) is 12.2. The summed E-state index contributed by atoms with van der Waals surface area (Å²) < 4.78 is 7.25. The van der Waals surface area contributed by atoms with Crippen molar-refractivity contribution in [3.8, 4) is 0 Å². The number of benzene rings is 1. The minimum Gasteiger partial charge on any atom is -0.379 e. The Bertz CT molecular complexity index is 573. The number of nitrogens with one attached hydrogen (secondary N) is 1. The summed E-state index contributed by atoms with van der Waals surface area (Å²) in [7, 11) is 0. The molecule has 3 rings (SSSR count). The Balaban J connectivity index is 1.58. The maximum absolute atomic E-state index is 11.8. The molecule has 1 saturated heterocycles. The summed E-state index contributed by atoms with van der Waals surface area (Å²) in [6.07, 6.45) is 3.17. The summed E-state index contributed by atoms with van der Waals surface area (Å²) in [5, 5.41) is 2.99. The SMILES string of the molecule is O=C(CCn1cnc2ccccc21)NC1CCOC1. The molecule has 2 aromatic rings. The van der Waals surface area contributed by atoms with E-state index in [0.717, 1.165) is 24.1 Å². The molecule has 0 aliphatic carbocycles. The van der Waals surface area contributed by atoms with Crippen LogP contribution in [-0.2, 0) is 16.1 Å². The lowest BCUT2D eigenvalue weighted by Crippen LogP contribution is -2.35. The van der Waals surface area contributed by atoms with Crippen LogP contribution in [0.4, 0.5) is 0 Å². The third-order valence-electron chi connectivity index (χ3n) is 3.40. The third-order valence-corrected chi connectivity index (χ3v) is 3.40. The van der Waals surface area contributed by atoms with Gasteiger partial charge in [0.1, 0.15) is 0 Å². The van der Waals surface area contributed by atoms with Crippen molar-refractivity contribution in [2.75, 3.05) is 13.2 Å². The minimum atomic E-state index is 0.0771. The van der Waals surface area contributed by atoms with E-state index in [1.807, 2.05) is 28.8 Å². The van der Waals surface area contributed by atoms with Crippen LogP contribution in [0.25, 0.3) is 11.0 Å². The van der Waals surface area contributed by atoms with Crippen molar-refractivity contribution < 1.29 is 9.53 Å². The molecule has 100 valence electrons. The molecule has 5 nitrogen and oxygen atoms in total. The number of nitrogens with zero attached hydrogens (tertiary/aromatic N) is 2. The Morgan fingerprint density at radius 1 is 1.47 bits per heavy atom. The van der Waals surface area contributed by atoms with Crippen molar-refractivity contribution >= 4 is 16.9 Å². The van der Waals surface area contributed by atoms with Crippen molar-refractivity contribution in [1.29, 1.82) is 0 Å². The lowest BCUT2D eigenvalue weighted by Gasteiger charge is -2.10. The molecule has 1 N–H and O–H groups in total. The van der Waals surface area contributed by atoms with Crippen molar-refractivity contribution in [2.45, 2.75) is 25.4 Å². The lowest BCUT2D eigenvalue weighted by molar-refractivity contribution is -0.122. The van der Waals surface area contributed by atoms with E-state index in [9.17, 15) is 4.79 Å². The van der Waals surface area contributed by atoms with Gasteiger partial charge in [-0.05, 0) is 18.6 Å². The first-order chi connectivity index (χ1) is 9.33. The molecule has 1 unspecified atom stereocenters. The summed E-state index contributed by atoms with van der Waals surface area (Å²) in [4.78, 5) is 16.1. The minimum absolute atomic E-state index is 0.0771. The number of amides is 1. The molecule has 0 saturated carbocycles. The maximum Gasteiger partial charge on any atom is 0.222 e. The highest BCUT2D eigenvalue weighted by atomic mass is 16.5. The van der Waals surface area contributed by atoms with E-state index in [1.54, 1.807) is 6.33 Å². The first-order valence-corrected chi connectivity index (χ1v) is 6.60. The summed E-state index contributed by atoms with van der Waals surface area (Å²) in [5.74, 6) is 0.0771. The summed E-state index contributed by atoms with van der Waals surface area (Å²) in [6, 6.07) is 8.13. The number of imidazole rings is 1. The Labute approximate surface area is 111 Å². The highest BCUT2D eigenvalue weighted by Crippen LogP contribution is 2.12. The van der Waals surface area contributed by atoms with Gasteiger partial charge < -0.3 is 14.6 Å². The molecule has 2 heterocycles. The van der Waals surface area contributed by atoms with Crippen LogP contribution in [0.5, 0.6) is 0 Å². The van der Waals surface area contributed by atoms with Crippen molar-refractivity contribution in [3.63, 3.8) is 0 Å². The molecule has 1 aromatic heterocycles. The second kappa shape index (κ2) is 5.40. The average Bonchev–Trinajstić information content (AvgIpc) is 3.05. The average molecular weight is 259 g/mol. The van der Waals surface area contributed by atoms with Crippen LogP contribution in [0.1, 0.15) is 12.8 Å². The molecule has 5 heteroatoms. The molecule has 0 spiro atoms. The first-order valence-electron chi connectivity index (χ1n) is 6.60. The number of aromatic nitrogens is 2. The van der Waals surface area contributed by atoms with E-state index >= 15 is 0 Å². The van der Waals surface area contributed by atoms with Gasteiger partial charge in [0.05, 0.1) is 30.0 Å². The zero-order chi connectivity index (χ0) is 13.1. The molecule has 1 atom stereocenters. The van der Waals surface area contributed by atoms with Crippen molar-refractivity contribution in [1.82, 2.24) is 14.9 Å². The Morgan fingerprint density at radius 2 is 2.37 bits per heavy atom. The van der Waals surface area contributed by atoms with Crippen LogP contribution >= 0.6 is 0 Å². The fourth-order valence-electron chi connectivity index (χ4n) is 2.36. The van der Waals surface area contributed by atoms with Gasteiger partial charge >= 0.3 is 0 Å². The van der Waals surface area contributed by atoms with E-state index < -0.39 is 0 Å². The standard InChI is InChI=1S/C14H17N3O2/c18-14(16-11-6-8-19-9-11)5-7-17-10-15-12-3-1-2-4-13(12)17/h1-4,10-11H,5-9H2,(H,16,18). The van der Waals surface area contributed by atoms with Crippen LogP contribution in [0.2, 0.25) is 0 Å². The molecule has 1 aromatic carbocycles. The number of rotatable bonds is 4. The van der Waals surface area contributed by atoms with Gasteiger partial charge in [0.25, 0.3) is 0 Å². The van der Waals surface area contributed by atoms with Gasteiger partial charge in [-0.1, -0.05) is 12.1 Å². The predicted octanol–water partition coefficient (Wildman–Crippen LogP) is 1.33. The second-order valence-corrected chi connectivity index (χ2v) is 4.80. The number of aryl methyl sites for hydroxylation is 1. The van der Waals surface area contributed by atoms with Crippen molar-refractivity contribution in [2.24, 2.45) is 0 Å². The molecule has 0 radical (unpaired) electrons. The predicted molar refractivity (Wildman–Crippen MR) is 71.7 cm³/mol. The van der Waals surface area contributed by atoms with Gasteiger partial charge in [-0.25, -0.2) is 4.98 Å². The van der Waals surface area contributed by atoms with Crippen LogP contribution in [0, 0.1) is 0 Å². The molecule has 0 bridgehead atoms. The van der Waals surface area contributed by atoms with E-state index in [-0.39, 0.29) is 11.9 Å². The van der Waals surface area contributed by atoms with Gasteiger partial charge in [0, 0.05) is 19.6 Å². The molecule has 19 heavy (non-hydrogen) atoms. The number of carbonyl (C=O) groups excluding carboxylic acids is 1. The highest BCUT2D eigenvalue weighted by molar-refractivity contribution is 5.77. The summed E-state index contributed by atoms with van der Waals surface area (Å²) in [6.45, 7) is 2.04. The van der Waals surface area contributed by atoms with E-state index in [4.69, 9.17) is 4.74 Å². The largest absolute Gasteiger partial charge is 0.379 e. The normalized spacial score (nSPS) is 18.8. The number of para-hydroxylation sites is 2. The van der Waals surface area contributed by atoms with Crippen LogP contribution in [-0.4, -0.2) is 34.7 Å². The number of carbonyl (C=O) groups is 1. The number of fused-ring (bicyclic) bond motifs is 1. The fraction of sp³-hybridized carbons (Fsp3) is 0.429. The summed E-state index contributed by atoms with van der Waals surface area (Å²) in [5.41, 5.74) is 2.03. The molecule has 1 fully saturated rings. The quantitative estimate of drug-likeness (QED) is 0.901. The van der Waals surface area contributed by atoms with E-state index in [1.165, 1.54) is 0 Å². The van der Waals surface area contributed by atoms with Gasteiger partial charge in [-0.15, -0.1) is 0 Å². The van der Waals surface area contributed by atoms with Crippen LogP contribution in [0.3, 0.4) is 0 Å². The fourth-order valence-corrected chi connectivity index (χ4v) is 2.36. The van der Waals surface area contributed by atoms with E-state index in [0.29, 0.717) is 19.6 Å². The number of ether oxygens (including phenoxy) is 1. The molecule has 1 amide bonds. The highest BCUT2D eigenvalue weighted by Gasteiger charge is 2.17. The zero-order valence-electron chi connectivity index (χ0n) is 10.7. The van der Waals surface area contributed by atoms with Gasteiger partial charge in [-0.2, -0.15) is 0 Å². The Hall–Kier alpha value is -1.88. The Kier molecular flexibility index (Phi) is 3.46. The van der Waals surface area contributed by atoms with Gasteiger partial charge in [0.15, 0.2) is 0 Å². The smallest absolute Gasteiger partial charge is 0.222 e. The van der Waals surface area contributed by atoms with E-state index in [2.05, 4.69) is 10.3 Å². The summed E-state index contributed by atoms with van der Waals surface area (Å²) >= 11 is 0. The molecular formula is C14H17N3O2. The molecule has 1 aliphatic rings. The van der Waals surface area contributed by atoms with Gasteiger partial charge in [-0.3, -0.25) is 4.79 Å². The van der Waals surface area contributed by atoms with Crippen molar-refractivity contribution in [3.05, 3.63) is 30.6 Å². The third kappa shape index (κ3) is 2.76. The topological polar surface area (TPSA) is 56.2 Å². The lowest BCUT2D eigenvalue weighted by atomic mass is 10.2. The second-order valence-electron chi connectivity index (χ2n) is 4.80. The zero-order valence-corrected chi connectivity index (χ0v) is 10.7. The molecular weight excluding hydrogens is 242 g/mol.